The highest BCUT2D eigenvalue weighted by Gasteiger charge is 2.22. The van der Waals surface area contributed by atoms with E-state index in [1.807, 2.05) is 24.9 Å². The van der Waals surface area contributed by atoms with Crippen molar-refractivity contribution in [1.82, 2.24) is 19.1 Å². The van der Waals surface area contributed by atoms with Crippen LogP contribution in [0, 0.1) is 0 Å². The predicted molar refractivity (Wildman–Crippen MR) is 61.1 cm³/mol. The quantitative estimate of drug-likeness (QED) is 0.822. The molecule has 0 amide bonds. The van der Waals surface area contributed by atoms with E-state index in [0.717, 1.165) is 19.0 Å². The Bertz CT molecular complexity index is 441. The average Bonchev–Trinajstić information content (AvgIpc) is 2.80. The number of nitrogens with one attached hydrogen (secondary N) is 1. The third-order valence-corrected chi connectivity index (χ3v) is 2.78. The molecule has 3 rings (SSSR count). The SMILES string of the molecule is c1cn(CCn2ccnc2NC2CC2)cn1. The molecule has 1 fully saturated rings. The molecule has 1 aliphatic rings. The van der Waals surface area contributed by atoms with Gasteiger partial charge in [-0.05, 0) is 12.8 Å². The zero-order valence-corrected chi connectivity index (χ0v) is 9.08. The van der Waals surface area contributed by atoms with E-state index in [9.17, 15) is 0 Å². The number of anilines is 1. The van der Waals surface area contributed by atoms with Crippen molar-refractivity contribution in [2.45, 2.75) is 32.0 Å². The second kappa shape index (κ2) is 4.00. The van der Waals surface area contributed by atoms with Crippen molar-refractivity contribution in [3.63, 3.8) is 0 Å². The van der Waals surface area contributed by atoms with E-state index < -0.39 is 0 Å². The lowest BCUT2D eigenvalue weighted by Gasteiger charge is -2.09. The Hall–Kier alpha value is -1.78. The smallest absolute Gasteiger partial charge is 0.203 e. The van der Waals surface area contributed by atoms with Crippen molar-refractivity contribution in [3.8, 4) is 0 Å². The molecule has 0 spiro atoms. The molecule has 1 saturated carbocycles. The molecule has 0 radical (unpaired) electrons. The molecule has 84 valence electrons. The number of nitrogens with zero attached hydrogens (tertiary/aromatic N) is 4. The summed E-state index contributed by atoms with van der Waals surface area (Å²) in [6.07, 6.45) is 12.0. The molecule has 2 heterocycles. The van der Waals surface area contributed by atoms with Gasteiger partial charge in [-0.25, -0.2) is 9.97 Å². The summed E-state index contributed by atoms with van der Waals surface area (Å²) in [5.41, 5.74) is 0. The summed E-state index contributed by atoms with van der Waals surface area (Å²) in [6.45, 7) is 1.85. The van der Waals surface area contributed by atoms with Crippen LogP contribution in [-0.2, 0) is 13.1 Å². The zero-order valence-electron chi connectivity index (χ0n) is 9.08. The number of hydrogen-bond acceptors (Lipinski definition) is 3. The average molecular weight is 217 g/mol. The van der Waals surface area contributed by atoms with E-state index in [-0.39, 0.29) is 0 Å². The van der Waals surface area contributed by atoms with Crippen molar-refractivity contribution < 1.29 is 0 Å². The first-order valence-corrected chi connectivity index (χ1v) is 5.65. The third-order valence-electron chi connectivity index (χ3n) is 2.78. The summed E-state index contributed by atoms with van der Waals surface area (Å²) < 4.78 is 4.22. The van der Waals surface area contributed by atoms with Gasteiger partial charge in [0.25, 0.3) is 0 Å². The molecule has 1 aliphatic carbocycles. The predicted octanol–water partition coefficient (Wildman–Crippen LogP) is 1.35. The van der Waals surface area contributed by atoms with E-state index in [1.165, 1.54) is 12.8 Å². The van der Waals surface area contributed by atoms with Crippen LogP contribution in [0.15, 0.2) is 31.1 Å². The van der Waals surface area contributed by atoms with Crippen LogP contribution in [0.25, 0.3) is 0 Å². The van der Waals surface area contributed by atoms with Gasteiger partial charge in [-0.1, -0.05) is 0 Å². The number of rotatable bonds is 5. The zero-order chi connectivity index (χ0) is 10.8. The minimum atomic E-state index is 0.648. The first-order valence-electron chi connectivity index (χ1n) is 5.65. The standard InChI is InChI=1S/C11H15N5/c1-2-10(1)14-11-13-4-6-16(11)8-7-15-5-3-12-9-15/h3-6,9-10H,1-2,7-8H2,(H,13,14). The normalized spacial score (nSPS) is 15.2. The molecule has 0 atom stereocenters. The number of hydrogen-bond donors (Lipinski definition) is 1. The Morgan fingerprint density at radius 3 is 2.94 bits per heavy atom. The lowest BCUT2D eigenvalue weighted by molar-refractivity contribution is 0.581. The molecular formula is C11H15N5. The molecule has 16 heavy (non-hydrogen) atoms. The molecule has 1 N–H and O–H groups in total. The molecule has 2 aromatic heterocycles. The van der Waals surface area contributed by atoms with E-state index in [4.69, 9.17) is 0 Å². The lowest BCUT2D eigenvalue weighted by atomic mass is 10.6. The number of aryl methyl sites for hydroxylation is 2. The monoisotopic (exact) mass is 217 g/mol. The van der Waals surface area contributed by atoms with E-state index >= 15 is 0 Å². The maximum absolute atomic E-state index is 4.32. The topological polar surface area (TPSA) is 47.7 Å². The molecule has 0 aliphatic heterocycles. The molecule has 0 unspecified atom stereocenters. The molecule has 0 saturated heterocycles. The van der Waals surface area contributed by atoms with Crippen molar-refractivity contribution in [3.05, 3.63) is 31.1 Å². The summed E-state index contributed by atoms with van der Waals surface area (Å²) in [4.78, 5) is 8.35. The van der Waals surface area contributed by atoms with Gasteiger partial charge in [0.15, 0.2) is 0 Å². The van der Waals surface area contributed by atoms with Gasteiger partial charge < -0.3 is 14.5 Å². The van der Waals surface area contributed by atoms with Crippen LogP contribution < -0.4 is 5.32 Å². The van der Waals surface area contributed by atoms with Crippen LogP contribution in [0.2, 0.25) is 0 Å². The fraction of sp³-hybridized carbons (Fsp3) is 0.455. The molecule has 2 aromatic rings. The van der Waals surface area contributed by atoms with Gasteiger partial charge in [-0.3, -0.25) is 0 Å². The van der Waals surface area contributed by atoms with Crippen LogP contribution in [-0.4, -0.2) is 25.1 Å². The van der Waals surface area contributed by atoms with Gasteiger partial charge in [-0.15, -0.1) is 0 Å². The second-order valence-electron chi connectivity index (χ2n) is 4.16. The van der Waals surface area contributed by atoms with Crippen molar-refractivity contribution in [2.75, 3.05) is 5.32 Å². The Labute approximate surface area is 94.1 Å². The summed E-state index contributed by atoms with van der Waals surface area (Å²) in [5.74, 6) is 0.989. The first-order chi connectivity index (χ1) is 7.92. The van der Waals surface area contributed by atoms with Gasteiger partial charge in [-0.2, -0.15) is 0 Å². The van der Waals surface area contributed by atoms with E-state index in [1.54, 1.807) is 6.20 Å². The minimum Gasteiger partial charge on any atom is -0.353 e. The highest BCUT2D eigenvalue weighted by Crippen LogP contribution is 2.23. The van der Waals surface area contributed by atoms with Gasteiger partial charge in [0.2, 0.25) is 5.95 Å². The van der Waals surface area contributed by atoms with Crippen LogP contribution in [0.3, 0.4) is 0 Å². The maximum atomic E-state index is 4.32. The van der Waals surface area contributed by atoms with Crippen molar-refractivity contribution in [1.29, 1.82) is 0 Å². The molecule has 5 heteroatoms. The summed E-state index contributed by atoms with van der Waals surface area (Å²) in [7, 11) is 0. The fourth-order valence-corrected chi connectivity index (χ4v) is 1.68. The molecule has 0 bridgehead atoms. The Morgan fingerprint density at radius 2 is 2.19 bits per heavy atom. The van der Waals surface area contributed by atoms with Gasteiger partial charge in [0.1, 0.15) is 0 Å². The van der Waals surface area contributed by atoms with Gasteiger partial charge in [0.05, 0.1) is 6.33 Å². The van der Waals surface area contributed by atoms with E-state index in [2.05, 4.69) is 24.4 Å². The highest BCUT2D eigenvalue weighted by molar-refractivity contribution is 5.29. The Balaban J connectivity index is 1.62. The highest BCUT2D eigenvalue weighted by atomic mass is 15.2. The van der Waals surface area contributed by atoms with E-state index in [0.29, 0.717) is 6.04 Å². The maximum Gasteiger partial charge on any atom is 0.203 e. The fourth-order valence-electron chi connectivity index (χ4n) is 1.68. The summed E-state index contributed by atoms with van der Waals surface area (Å²) >= 11 is 0. The summed E-state index contributed by atoms with van der Waals surface area (Å²) in [5, 5.41) is 3.42. The number of imidazole rings is 2. The van der Waals surface area contributed by atoms with Gasteiger partial charge in [0, 0.05) is 43.9 Å². The van der Waals surface area contributed by atoms with Crippen LogP contribution >= 0.6 is 0 Å². The Kier molecular flexibility index (Phi) is 2.36. The molecular weight excluding hydrogens is 202 g/mol. The third kappa shape index (κ3) is 2.08. The van der Waals surface area contributed by atoms with Crippen LogP contribution in [0.4, 0.5) is 5.95 Å². The second-order valence-corrected chi connectivity index (χ2v) is 4.16. The van der Waals surface area contributed by atoms with Crippen LogP contribution in [0.1, 0.15) is 12.8 Å². The Morgan fingerprint density at radius 1 is 1.25 bits per heavy atom. The minimum absolute atomic E-state index is 0.648. The molecule has 0 aromatic carbocycles. The first kappa shape index (κ1) is 9.45. The summed E-state index contributed by atoms with van der Waals surface area (Å²) in [6, 6.07) is 0.648. The van der Waals surface area contributed by atoms with Crippen molar-refractivity contribution >= 4 is 5.95 Å². The largest absolute Gasteiger partial charge is 0.353 e. The van der Waals surface area contributed by atoms with Crippen molar-refractivity contribution in [2.24, 2.45) is 0 Å². The molecule has 5 nitrogen and oxygen atoms in total. The number of aromatic nitrogens is 4. The van der Waals surface area contributed by atoms with Gasteiger partial charge >= 0.3 is 0 Å². The lowest BCUT2D eigenvalue weighted by Crippen LogP contribution is -2.11. The van der Waals surface area contributed by atoms with Crippen LogP contribution in [0.5, 0.6) is 0 Å².